The van der Waals surface area contributed by atoms with Crippen molar-refractivity contribution in [3.63, 3.8) is 0 Å². The molecule has 3 aromatic rings. The third-order valence-electron chi connectivity index (χ3n) is 2.84. The predicted octanol–water partition coefficient (Wildman–Crippen LogP) is 0.825. The summed E-state index contributed by atoms with van der Waals surface area (Å²) in [6.45, 7) is 3.90. The molecule has 0 spiro atoms. The van der Waals surface area contributed by atoms with Crippen molar-refractivity contribution in [2.24, 2.45) is 0 Å². The van der Waals surface area contributed by atoms with E-state index in [9.17, 15) is 4.79 Å². The van der Waals surface area contributed by atoms with E-state index >= 15 is 0 Å². The van der Waals surface area contributed by atoms with Crippen LogP contribution in [0.4, 0.5) is 0 Å². The molecule has 0 fully saturated rings. The Bertz CT molecular complexity index is 749. The second kappa shape index (κ2) is 3.31. The minimum Gasteiger partial charge on any atom is -0.288 e. The van der Waals surface area contributed by atoms with Crippen LogP contribution >= 0.6 is 0 Å². The number of hydrogen-bond donors (Lipinski definition) is 1. The van der Waals surface area contributed by atoms with E-state index in [4.69, 9.17) is 0 Å². The van der Waals surface area contributed by atoms with Gasteiger partial charge in [-0.1, -0.05) is 0 Å². The van der Waals surface area contributed by atoms with E-state index in [1.165, 1.54) is 0 Å². The van der Waals surface area contributed by atoms with Crippen LogP contribution in [0.15, 0.2) is 29.3 Å². The Morgan fingerprint density at radius 2 is 2.18 bits per heavy atom. The average Bonchev–Trinajstić information content (AvgIpc) is 2.88. The Labute approximate surface area is 96.5 Å². The van der Waals surface area contributed by atoms with Crippen LogP contribution < -0.4 is 5.56 Å². The van der Waals surface area contributed by atoms with Crippen LogP contribution in [0, 0.1) is 13.8 Å². The largest absolute Gasteiger partial charge is 0.288 e. The molecular weight excluding hydrogens is 218 g/mol. The first-order valence-corrected chi connectivity index (χ1v) is 5.26. The van der Waals surface area contributed by atoms with Gasteiger partial charge in [0.1, 0.15) is 5.52 Å². The Morgan fingerprint density at radius 3 is 2.88 bits per heavy atom. The second-order valence-electron chi connectivity index (χ2n) is 3.94. The fourth-order valence-corrected chi connectivity index (χ4v) is 1.73. The molecule has 17 heavy (non-hydrogen) atoms. The third kappa shape index (κ3) is 1.37. The molecule has 0 unspecified atom stereocenters. The van der Waals surface area contributed by atoms with Crippen LogP contribution in [0.1, 0.15) is 11.3 Å². The number of nitrogens with one attached hydrogen (secondary N) is 1. The summed E-state index contributed by atoms with van der Waals surface area (Å²) in [6.07, 6.45) is 3.48. The minimum absolute atomic E-state index is 0.174. The predicted molar refractivity (Wildman–Crippen MR) is 62.4 cm³/mol. The summed E-state index contributed by atoms with van der Waals surface area (Å²) in [7, 11) is 0. The lowest BCUT2D eigenvalue weighted by Gasteiger charge is -2.03. The summed E-state index contributed by atoms with van der Waals surface area (Å²) in [4.78, 5) is 14.5. The van der Waals surface area contributed by atoms with Gasteiger partial charge in [0.05, 0.1) is 6.20 Å². The lowest BCUT2D eigenvalue weighted by Crippen LogP contribution is -2.17. The van der Waals surface area contributed by atoms with E-state index in [2.05, 4.69) is 15.2 Å². The van der Waals surface area contributed by atoms with E-state index < -0.39 is 0 Å². The van der Waals surface area contributed by atoms with Crippen LogP contribution in [0.2, 0.25) is 0 Å². The van der Waals surface area contributed by atoms with Crippen molar-refractivity contribution in [1.82, 2.24) is 24.4 Å². The average molecular weight is 229 g/mol. The number of nitrogens with zero attached hydrogens (tertiary/aromatic N) is 4. The zero-order valence-corrected chi connectivity index (χ0v) is 9.51. The van der Waals surface area contributed by atoms with Gasteiger partial charge in [0.2, 0.25) is 5.95 Å². The van der Waals surface area contributed by atoms with Crippen molar-refractivity contribution >= 4 is 5.52 Å². The molecule has 6 heteroatoms. The normalized spacial score (nSPS) is 11.2. The molecule has 3 aromatic heterocycles. The van der Waals surface area contributed by atoms with Crippen LogP contribution in [-0.4, -0.2) is 24.4 Å². The van der Waals surface area contributed by atoms with Gasteiger partial charge in [-0.3, -0.25) is 9.78 Å². The summed E-state index contributed by atoms with van der Waals surface area (Å²) < 4.78 is 3.17. The third-order valence-corrected chi connectivity index (χ3v) is 2.84. The molecular formula is C11H11N5O. The molecule has 0 aliphatic heterocycles. The molecule has 3 rings (SSSR count). The van der Waals surface area contributed by atoms with E-state index in [1.807, 2.05) is 13.8 Å². The van der Waals surface area contributed by atoms with E-state index in [0.29, 0.717) is 11.5 Å². The maximum absolute atomic E-state index is 11.8. The standard InChI is InChI=1S/C11H11N5O/c1-7-6-12-16(8(7)2)11-13-10(17)9-4-3-5-15(9)14-11/h3-6H,1-2H3,(H,13,14,17). The van der Waals surface area contributed by atoms with Crippen LogP contribution in [0.3, 0.4) is 0 Å². The fourth-order valence-electron chi connectivity index (χ4n) is 1.73. The van der Waals surface area contributed by atoms with Gasteiger partial charge in [-0.05, 0) is 31.5 Å². The second-order valence-corrected chi connectivity index (χ2v) is 3.94. The highest BCUT2D eigenvalue weighted by Gasteiger charge is 2.09. The zero-order chi connectivity index (χ0) is 12.0. The Morgan fingerprint density at radius 1 is 1.35 bits per heavy atom. The number of H-pyrrole nitrogens is 1. The summed E-state index contributed by atoms with van der Waals surface area (Å²) in [5.41, 5.74) is 2.36. The smallest absolute Gasteiger partial charge is 0.276 e. The molecule has 0 aromatic carbocycles. The highest BCUT2D eigenvalue weighted by molar-refractivity contribution is 5.44. The summed E-state index contributed by atoms with van der Waals surface area (Å²) in [6, 6.07) is 3.50. The fraction of sp³-hybridized carbons (Fsp3) is 0.182. The summed E-state index contributed by atoms with van der Waals surface area (Å²) >= 11 is 0. The van der Waals surface area contributed by atoms with Crippen molar-refractivity contribution in [1.29, 1.82) is 0 Å². The summed E-state index contributed by atoms with van der Waals surface area (Å²) in [5, 5.41) is 8.49. The first-order chi connectivity index (χ1) is 8.16. The SMILES string of the molecule is Cc1cnn(-c2nn3cccc3c(=O)[nH]2)c1C. The highest BCUT2D eigenvalue weighted by atomic mass is 16.1. The van der Waals surface area contributed by atoms with Crippen molar-refractivity contribution in [3.8, 4) is 5.95 Å². The summed E-state index contributed by atoms with van der Waals surface area (Å²) in [5.74, 6) is 0.421. The minimum atomic E-state index is -0.174. The Kier molecular flexibility index (Phi) is 1.91. The molecule has 0 saturated carbocycles. The zero-order valence-electron chi connectivity index (χ0n) is 9.51. The molecule has 0 radical (unpaired) electrons. The maximum atomic E-state index is 11.8. The monoisotopic (exact) mass is 229 g/mol. The highest BCUT2D eigenvalue weighted by Crippen LogP contribution is 2.08. The van der Waals surface area contributed by atoms with Gasteiger partial charge < -0.3 is 0 Å². The van der Waals surface area contributed by atoms with Crippen molar-refractivity contribution in [3.05, 3.63) is 46.1 Å². The van der Waals surface area contributed by atoms with Gasteiger partial charge in [0, 0.05) is 11.9 Å². The van der Waals surface area contributed by atoms with Crippen LogP contribution in [0.5, 0.6) is 0 Å². The van der Waals surface area contributed by atoms with Crippen LogP contribution in [-0.2, 0) is 0 Å². The van der Waals surface area contributed by atoms with Crippen molar-refractivity contribution in [2.75, 3.05) is 0 Å². The number of hydrogen-bond acceptors (Lipinski definition) is 3. The van der Waals surface area contributed by atoms with Crippen LogP contribution in [0.25, 0.3) is 11.5 Å². The molecule has 0 saturated heterocycles. The Balaban J connectivity index is 2.31. The number of aromatic amines is 1. The maximum Gasteiger partial charge on any atom is 0.276 e. The van der Waals surface area contributed by atoms with Gasteiger partial charge in [-0.15, -0.1) is 5.10 Å². The molecule has 0 bridgehead atoms. The molecule has 0 aliphatic rings. The van der Waals surface area contributed by atoms with Gasteiger partial charge in [-0.2, -0.15) is 5.10 Å². The van der Waals surface area contributed by atoms with Crippen molar-refractivity contribution < 1.29 is 0 Å². The number of aryl methyl sites for hydroxylation is 1. The van der Waals surface area contributed by atoms with Gasteiger partial charge in [-0.25, -0.2) is 9.20 Å². The molecule has 3 heterocycles. The first kappa shape index (κ1) is 9.83. The molecule has 0 amide bonds. The van der Waals surface area contributed by atoms with E-state index in [-0.39, 0.29) is 5.56 Å². The molecule has 86 valence electrons. The van der Waals surface area contributed by atoms with Gasteiger partial charge >= 0.3 is 0 Å². The molecule has 6 nitrogen and oxygen atoms in total. The quantitative estimate of drug-likeness (QED) is 0.671. The molecule has 1 N–H and O–H groups in total. The Hall–Kier alpha value is -2.37. The van der Waals surface area contributed by atoms with Gasteiger partial charge in [0.15, 0.2) is 0 Å². The number of fused-ring (bicyclic) bond motifs is 1. The lowest BCUT2D eigenvalue weighted by atomic mass is 10.3. The molecule has 0 atom stereocenters. The number of rotatable bonds is 1. The van der Waals surface area contributed by atoms with E-state index in [1.54, 1.807) is 33.7 Å². The lowest BCUT2D eigenvalue weighted by molar-refractivity contribution is 0.732. The first-order valence-electron chi connectivity index (χ1n) is 5.26. The van der Waals surface area contributed by atoms with Gasteiger partial charge in [0.25, 0.3) is 5.56 Å². The van der Waals surface area contributed by atoms with Crippen molar-refractivity contribution in [2.45, 2.75) is 13.8 Å². The topological polar surface area (TPSA) is 68.0 Å². The number of aromatic nitrogens is 5. The molecule has 0 aliphatic carbocycles. The van der Waals surface area contributed by atoms with E-state index in [0.717, 1.165) is 11.3 Å².